The zero-order valence-corrected chi connectivity index (χ0v) is 10.6. The van der Waals surface area contributed by atoms with Gasteiger partial charge in [0.1, 0.15) is 5.75 Å². The van der Waals surface area contributed by atoms with Crippen LogP contribution in [-0.4, -0.2) is 28.1 Å². The smallest absolute Gasteiger partial charge is 0.223 e. The summed E-state index contributed by atoms with van der Waals surface area (Å²) in [4.78, 5) is 12.7. The van der Waals surface area contributed by atoms with E-state index in [1.165, 1.54) is 0 Å². The highest BCUT2D eigenvalue weighted by atomic mass is 16.5. The molecule has 0 unspecified atom stereocenters. The molecule has 5 heteroatoms. The summed E-state index contributed by atoms with van der Waals surface area (Å²) < 4.78 is 5.42. The lowest BCUT2D eigenvalue weighted by atomic mass is 10.2. The topological polar surface area (TPSA) is 59.9 Å². The predicted molar refractivity (Wildman–Crippen MR) is 70.6 cm³/mol. The summed E-state index contributed by atoms with van der Waals surface area (Å²) in [7, 11) is 0. The summed E-state index contributed by atoms with van der Waals surface area (Å²) in [6, 6.07) is 3.78. The second-order valence-corrected chi connectivity index (χ2v) is 3.64. The van der Waals surface area contributed by atoms with Crippen LogP contribution in [-0.2, 0) is 0 Å². The fourth-order valence-electron chi connectivity index (χ4n) is 1.57. The fourth-order valence-corrected chi connectivity index (χ4v) is 1.57. The van der Waals surface area contributed by atoms with Crippen LogP contribution in [0.5, 0.6) is 5.75 Å². The highest BCUT2D eigenvalue weighted by molar-refractivity contribution is 5.60. The molecule has 0 atom stereocenters. The van der Waals surface area contributed by atoms with E-state index in [0.29, 0.717) is 12.6 Å². The Morgan fingerprint density at radius 1 is 1.28 bits per heavy atom. The van der Waals surface area contributed by atoms with Crippen LogP contribution in [0.3, 0.4) is 0 Å². The first-order valence-electron chi connectivity index (χ1n) is 5.98. The Balaban J connectivity index is 2.29. The Hall–Kier alpha value is -2.17. The molecule has 0 aromatic carbocycles. The summed E-state index contributed by atoms with van der Waals surface area (Å²) in [5.41, 5.74) is 1.75. The minimum atomic E-state index is 0.622. The van der Waals surface area contributed by atoms with Crippen LogP contribution in [0.1, 0.15) is 13.8 Å². The van der Waals surface area contributed by atoms with Gasteiger partial charge in [-0.25, -0.2) is 9.97 Å². The van der Waals surface area contributed by atoms with Gasteiger partial charge in [0, 0.05) is 24.5 Å². The van der Waals surface area contributed by atoms with Crippen LogP contribution in [0.15, 0.2) is 30.7 Å². The molecule has 0 spiro atoms. The molecule has 0 aliphatic carbocycles. The molecular formula is C13H16N4O. The summed E-state index contributed by atoms with van der Waals surface area (Å²) in [5.74, 6) is 1.37. The zero-order valence-electron chi connectivity index (χ0n) is 10.6. The molecule has 2 aromatic rings. The summed E-state index contributed by atoms with van der Waals surface area (Å²) >= 11 is 0. The SMILES string of the molecule is CCNc1nccc(-c2cncc(OCC)c2)n1. The number of nitrogens with zero attached hydrogens (tertiary/aromatic N) is 3. The zero-order chi connectivity index (χ0) is 12.8. The van der Waals surface area contributed by atoms with E-state index < -0.39 is 0 Å². The average Bonchev–Trinajstić information content (AvgIpc) is 2.40. The number of aromatic nitrogens is 3. The highest BCUT2D eigenvalue weighted by Gasteiger charge is 2.03. The summed E-state index contributed by atoms with van der Waals surface area (Å²) in [5, 5.41) is 3.08. The Kier molecular flexibility index (Phi) is 4.06. The molecule has 0 saturated heterocycles. The van der Waals surface area contributed by atoms with Gasteiger partial charge in [-0.15, -0.1) is 0 Å². The number of hydrogen-bond donors (Lipinski definition) is 1. The lowest BCUT2D eigenvalue weighted by molar-refractivity contribution is 0.339. The molecule has 2 heterocycles. The van der Waals surface area contributed by atoms with Gasteiger partial charge in [-0.3, -0.25) is 4.98 Å². The Morgan fingerprint density at radius 3 is 2.94 bits per heavy atom. The maximum absolute atomic E-state index is 5.42. The predicted octanol–water partition coefficient (Wildman–Crippen LogP) is 2.37. The largest absolute Gasteiger partial charge is 0.492 e. The number of nitrogens with one attached hydrogen (secondary N) is 1. The van der Waals surface area contributed by atoms with Gasteiger partial charge in [-0.1, -0.05) is 0 Å². The number of pyridine rings is 1. The van der Waals surface area contributed by atoms with Gasteiger partial charge in [0.15, 0.2) is 0 Å². The van der Waals surface area contributed by atoms with Gasteiger partial charge in [0.2, 0.25) is 5.95 Å². The van der Waals surface area contributed by atoms with E-state index in [9.17, 15) is 0 Å². The Morgan fingerprint density at radius 2 is 2.17 bits per heavy atom. The van der Waals surface area contributed by atoms with Crippen molar-refractivity contribution in [2.45, 2.75) is 13.8 Å². The van der Waals surface area contributed by atoms with Gasteiger partial charge in [0.25, 0.3) is 0 Å². The molecule has 5 nitrogen and oxygen atoms in total. The maximum Gasteiger partial charge on any atom is 0.223 e. The number of hydrogen-bond acceptors (Lipinski definition) is 5. The van der Waals surface area contributed by atoms with E-state index in [0.717, 1.165) is 23.6 Å². The molecule has 0 aliphatic rings. The number of ether oxygens (including phenoxy) is 1. The molecule has 0 bridgehead atoms. The van der Waals surface area contributed by atoms with Gasteiger partial charge in [0.05, 0.1) is 18.5 Å². The van der Waals surface area contributed by atoms with Crippen molar-refractivity contribution in [3.8, 4) is 17.0 Å². The van der Waals surface area contributed by atoms with E-state index in [2.05, 4.69) is 20.3 Å². The van der Waals surface area contributed by atoms with Crippen LogP contribution in [0.2, 0.25) is 0 Å². The Labute approximate surface area is 106 Å². The lowest BCUT2D eigenvalue weighted by Gasteiger charge is -2.06. The van der Waals surface area contributed by atoms with Crippen molar-refractivity contribution < 1.29 is 4.74 Å². The second kappa shape index (κ2) is 5.95. The second-order valence-electron chi connectivity index (χ2n) is 3.64. The molecule has 0 aliphatic heterocycles. The first-order valence-corrected chi connectivity index (χ1v) is 5.98. The van der Waals surface area contributed by atoms with Crippen molar-refractivity contribution >= 4 is 5.95 Å². The number of rotatable bonds is 5. The van der Waals surface area contributed by atoms with Crippen molar-refractivity contribution in [2.75, 3.05) is 18.5 Å². The van der Waals surface area contributed by atoms with Crippen molar-refractivity contribution in [1.29, 1.82) is 0 Å². The Bertz CT molecular complexity index is 468. The maximum atomic E-state index is 5.42. The van der Waals surface area contributed by atoms with Gasteiger partial charge < -0.3 is 10.1 Å². The molecule has 0 saturated carbocycles. The molecule has 0 fully saturated rings. The summed E-state index contributed by atoms with van der Waals surface area (Å²) in [6.07, 6.45) is 5.19. The van der Waals surface area contributed by atoms with E-state index in [-0.39, 0.29) is 0 Å². The van der Waals surface area contributed by atoms with Crippen molar-refractivity contribution in [3.05, 3.63) is 30.7 Å². The monoisotopic (exact) mass is 244 g/mol. The van der Waals surface area contributed by atoms with Crippen LogP contribution in [0.4, 0.5) is 5.95 Å². The van der Waals surface area contributed by atoms with E-state index in [1.54, 1.807) is 18.6 Å². The standard InChI is InChI=1S/C13H16N4O/c1-3-15-13-16-6-5-12(17-13)10-7-11(18-4-2)9-14-8-10/h5-9H,3-4H2,1-2H3,(H,15,16,17). The summed E-state index contributed by atoms with van der Waals surface area (Å²) in [6.45, 7) is 5.37. The first kappa shape index (κ1) is 12.3. The van der Waals surface area contributed by atoms with Crippen molar-refractivity contribution in [3.63, 3.8) is 0 Å². The quantitative estimate of drug-likeness (QED) is 0.875. The normalized spacial score (nSPS) is 10.1. The van der Waals surface area contributed by atoms with E-state index in [1.807, 2.05) is 26.0 Å². The third-order valence-corrected chi connectivity index (χ3v) is 2.31. The van der Waals surface area contributed by atoms with Crippen LogP contribution < -0.4 is 10.1 Å². The molecule has 2 rings (SSSR count). The third kappa shape index (κ3) is 2.94. The molecule has 18 heavy (non-hydrogen) atoms. The van der Waals surface area contributed by atoms with Gasteiger partial charge >= 0.3 is 0 Å². The van der Waals surface area contributed by atoms with Gasteiger partial charge in [-0.2, -0.15) is 0 Å². The number of anilines is 1. The average molecular weight is 244 g/mol. The van der Waals surface area contributed by atoms with E-state index in [4.69, 9.17) is 4.74 Å². The van der Waals surface area contributed by atoms with Gasteiger partial charge in [-0.05, 0) is 26.0 Å². The minimum Gasteiger partial charge on any atom is -0.492 e. The van der Waals surface area contributed by atoms with E-state index >= 15 is 0 Å². The molecular weight excluding hydrogens is 228 g/mol. The third-order valence-electron chi connectivity index (χ3n) is 2.31. The molecule has 2 aromatic heterocycles. The van der Waals surface area contributed by atoms with Crippen molar-refractivity contribution in [1.82, 2.24) is 15.0 Å². The van der Waals surface area contributed by atoms with Crippen LogP contribution >= 0.6 is 0 Å². The van der Waals surface area contributed by atoms with Crippen LogP contribution in [0.25, 0.3) is 11.3 Å². The first-order chi connectivity index (χ1) is 8.83. The molecule has 0 radical (unpaired) electrons. The lowest BCUT2D eigenvalue weighted by Crippen LogP contribution is -2.02. The highest BCUT2D eigenvalue weighted by Crippen LogP contribution is 2.21. The molecule has 1 N–H and O–H groups in total. The van der Waals surface area contributed by atoms with Crippen molar-refractivity contribution in [2.24, 2.45) is 0 Å². The molecule has 0 amide bonds. The van der Waals surface area contributed by atoms with Crippen LogP contribution in [0, 0.1) is 0 Å². The fraction of sp³-hybridized carbons (Fsp3) is 0.308. The minimum absolute atomic E-state index is 0.622. The molecule has 94 valence electrons.